The Labute approximate surface area is 135 Å². The van der Waals surface area contributed by atoms with E-state index >= 15 is 0 Å². The van der Waals surface area contributed by atoms with Crippen LogP contribution in [0.25, 0.3) is 0 Å². The first-order valence-electron chi connectivity index (χ1n) is 8.93. The van der Waals surface area contributed by atoms with Gasteiger partial charge in [-0.2, -0.15) is 0 Å². The summed E-state index contributed by atoms with van der Waals surface area (Å²) >= 11 is 0. The molecule has 0 radical (unpaired) electrons. The smallest absolute Gasteiger partial charge is 0.315 e. The van der Waals surface area contributed by atoms with Gasteiger partial charge in [0.15, 0.2) is 0 Å². The fourth-order valence-electron chi connectivity index (χ4n) is 3.93. The number of amides is 2. The lowest BCUT2D eigenvalue weighted by atomic mass is 9.71. The molecule has 0 spiro atoms. The molecule has 0 heterocycles. The molecule has 2 amide bonds. The van der Waals surface area contributed by atoms with E-state index in [1.807, 2.05) is 0 Å². The molecule has 0 atom stereocenters. The van der Waals surface area contributed by atoms with Crippen molar-refractivity contribution in [2.45, 2.75) is 77.9 Å². The van der Waals surface area contributed by atoms with Gasteiger partial charge in [-0.15, -0.1) is 0 Å². The predicted molar refractivity (Wildman–Crippen MR) is 89.9 cm³/mol. The van der Waals surface area contributed by atoms with E-state index in [4.69, 9.17) is 4.74 Å². The summed E-state index contributed by atoms with van der Waals surface area (Å²) in [5, 5.41) is 6.17. The van der Waals surface area contributed by atoms with Gasteiger partial charge in [0, 0.05) is 19.7 Å². The van der Waals surface area contributed by atoms with Crippen LogP contribution in [0.4, 0.5) is 4.79 Å². The molecule has 2 fully saturated rings. The van der Waals surface area contributed by atoms with Crippen LogP contribution in [0.1, 0.15) is 65.7 Å². The van der Waals surface area contributed by atoms with Crippen molar-refractivity contribution in [2.75, 3.05) is 13.7 Å². The Morgan fingerprint density at radius 3 is 2.27 bits per heavy atom. The van der Waals surface area contributed by atoms with Crippen LogP contribution in [0.5, 0.6) is 0 Å². The minimum Gasteiger partial charge on any atom is -0.381 e. The third-order valence-corrected chi connectivity index (χ3v) is 5.15. The van der Waals surface area contributed by atoms with E-state index in [0.717, 1.165) is 51.0 Å². The van der Waals surface area contributed by atoms with Gasteiger partial charge in [-0.05, 0) is 62.2 Å². The normalized spacial score (nSPS) is 32.2. The third kappa shape index (κ3) is 5.79. The molecule has 0 aliphatic heterocycles. The summed E-state index contributed by atoms with van der Waals surface area (Å²) in [5.74, 6) is 1.40. The van der Waals surface area contributed by atoms with Crippen LogP contribution in [0.2, 0.25) is 0 Å². The molecule has 0 aromatic rings. The number of hydrogen-bond donors (Lipinski definition) is 2. The molecular formula is C18H34N2O2. The van der Waals surface area contributed by atoms with Crippen molar-refractivity contribution in [3.05, 3.63) is 0 Å². The lowest BCUT2D eigenvalue weighted by molar-refractivity contribution is 0.0571. The molecule has 4 heteroatoms. The molecule has 2 aliphatic rings. The van der Waals surface area contributed by atoms with Crippen LogP contribution < -0.4 is 10.6 Å². The molecule has 4 nitrogen and oxygen atoms in total. The van der Waals surface area contributed by atoms with E-state index in [1.54, 1.807) is 7.11 Å². The van der Waals surface area contributed by atoms with Crippen LogP contribution in [0.3, 0.4) is 0 Å². The van der Waals surface area contributed by atoms with Gasteiger partial charge in [0.2, 0.25) is 0 Å². The van der Waals surface area contributed by atoms with Crippen LogP contribution in [0, 0.1) is 17.3 Å². The highest BCUT2D eigenvalue weighted by Gasteiger charge is 2.33. The van der Waals surface area contributed by atoms with Gasteiger partial charge in [0.25, 0.3) is 0 Å². The third-order valence-electron chi connectivity index (χ3n) is 5.15. The second-order valence-corrected chi connectivity index (χ2v) is 8.53. The van der Waals surface area contributed by atoms with E-state index in [9.17, 15) is 4.79 Å². The van der Waals surface area contributed by atoms with Crippen molar-refractivity contribution in [3.63, 3.8) is 0 Å². The van der Waals surface area contributed by atoms with Gasteiger partial charge in [-0.1, -0.05) is 20.8 Å². The number of carbonyl (C=O) groups is 1. The Hall–Kier alpha value is -0.770. The number of methoxy groups -OCH3 is 1. The van der Waals surface area contributed by atoms with Gasteiger partial charge in [0.05, 0.1) is 6.10 Å². The van der Waals surface area contributed by atoms with E-state index < -0.39 is 0 Å². The first kappa shape index (κ1) is 17.6. The zero-order valence-electron chi connectivity index (χ0n) is 14.8. The number of rotatable bonds is 5. The SMILES string of the molecule is COC1CCC(CNC(=O)NC2CC(CC(C)(C)C)C2)CC1. The predicted octanol–water partition coefficient (Wildman–Crippen LogP) is 3.71. The minimum absolute atomic E-state index is 0.0214. The maximum atomic E-state index is 12.0. The largest absolute Gasteiger partial charge is 0.381 e. The van der Waals surface area contributed by atoms with Crippen LogP contribution in [-0.2, 0) is 4.74 Å². The lowest BCUT2D eigenvalue weighted by Crippen LogP contribution is -2.49. The zero-order valence-corrected chi connectivity index (χ0v) is 14.8. The summed E-state index contributed by atoms with van der Waals surface area (Å²) in [6.45, 7) is 7.68. The van der Waals surface area contributed by atoms with Crippen molar-refractivity contribution in [3.8, 4) is 0 Å². The van der Waals surface area contributed by atoms with Gasteiger partial charge < -0.3 is 15.4 Å². The van der Waals surface area contributed by atoms with Crippen molar-refractivity contribution in [1.82, 2.24) is 10.6 Å². The first-order valence-corrected chi connectivity index (χ1v) is 8.93. The molecule has 0 aromatic heterocycles. The molecule has 128 valence electrons. The number of urea groups is 1. The maximum Gasteiger partial charge on any atom is 0.315 e. The van der Waals surface area contributed by atoms with Crippen molar-refractivity contribution in [1.29, 1.82) is 0 Å². The number of ether oxygens (including phenoxy) is 1. The average Bonchev–Trinajstić information content (AvgIpc) is 2.42. The molecule has 2 rings (SSSR count). The molecule has 0 aromatic carbocycles. The Kier molecular flexibility index (Phi) is 6.13. The maximum absolute atomic E-state index is 12.0. The quantitative estimate of drug-likeness (QED) is 0.813. The standard InChI is InChI=1S/C18H34N2O2/c1-18(2,3)11-14-9-15(10-14)20-17(21)19-12-13-5-7-16(22-4)8-6-13/h13-16H,5-12H2,1-4H3,(H2,19,20,21). The number of carbonyl (C=O) groups excluding carboxylic acids is 1. The minimum atomic E-state index is 0.0214. The van der Waals surface area contributed by atoms with Crippen molar-refractivity contribution < 1.29 is 9.53 Å². The lowest BCUT2D eigenvalue weighted by Gasteiger charge is -2.39. The molecule has 0 unspecified atom stereocenters. The highest BCUT2D eigenvalue weighted by atomic mass is 16.5. The zero-order chi connectivity index (χ0) is 16.2. The highest BCUT2D eigenvalue weighted by molar-refractivity contribution is 5.74. The monoisotopic (exact) mass is 310 g/mol. The fraction of sp³-hybridized carbons (Fsp3) is 0.944. The van der Waals surface area contributed by atoms with E-state index in [-0.39, 0.29) is 6.03 Å². The summed E-state index contributed by atoms with van der Waals surface area (Å²) in [4.78, 5) is 12.0. The summed E-state index contributed by atoms with van der Waals surface area (Å²) in [7, 11) is 1.79. The molecule has 2 saturated carbocycles. The van der Waals surface area contributed by atoms with Gasteiger partial charge >= 0.3 is 6.03 Å². The Balaban J connectivity index is 1.54. The Bertz CT molecular complexity index is 351. The van der Waals surface area contributed by atoms with Crippen molar-refractivity contribution in [2.24, 2.45) is 17.3 Å². The summed E-state index contributed by atoms with van der Waals surface area (Å²) in [6, 6.07) is 0.407. The first-order chi connectivity index (χ1) is 10.4. The second-order valence-electron chi connectivity index (χ2n) is 8.53. The van der Waals surface area contributed by atoms with Gasteiger partial charge in [0.1, 0.15) is 0 Å². The van der Waals surface area contributed by atoms with E-state index in [1.165, 1.54) is 6.42 Å². The summed E-state index contributed by atoms with van der Waals surface area (Å²) in [5.41, 5.74) is 0.402. The summed E-state index contributed by atoms with van der Waals surface area (Å²) < 4.78 is 5.38. The van der Waals surface area contributed by atoms with Crippen molar-refractivity contribution >= 4 is 6.03 Å². The topological polar surface area (TPSA) is 50.4 Å². The van der Waals surface area contributed by atoms with Gasteiger partial charge in [-0.25, -0.2) is 4.79 Å². The van der Waals surface area contributed by atoms with Crippen LogP contribution in [-0.4, -0.2) is 31.8 Å². The summed E-state index contributed by atoms with van der Waals surface area (Å²) in [6.07, 6.45) is 8.55. The molecule has 22 heavy (non-hydrogen) atoms. The van der Waals surface area contributed by atoms with Crippen LogP contribution in [0.15, 0.2) is 0 Å². The molecule has 2 aliphatic carbocycles. The Morgan fingerprint density at radius 2 is 1.73 bits per heavy atom. The Morgan fingerprint density at radius 1 is 1.09 bits per heavy atom. The number of nitrogens with one attached hydrogen (secondary N) is 2. The van der Waals surface area contributed by atoms with E-state index in [2.05, 4.69) is 31.4 Å². The number of hydrogen-bond acceptors (Lipinski definition) is 2. The highest BCUT2D eigenvalue weighted by Crippen LogP contribution is 2.37. The molecule has 0 saturated heterocycles. The molecular weight excluding hydrogens is 276 g/mol. The van der Waals surface area contributed by atoms with E-state index in [0.29, 0.717) is 23.5 Å². The van der Waals surface area contributed by atoms with Crippen LogP contribution >= 0.6 is 0 Å². The molecule has 0 bridgehead atoms. The fourth-order valence-corrected chi connectivity index (χ4v) is 3.93. The second kappa shape index (κ2) is 7.67. The van der Waals surface area contributed by atoms with Gasteiger partial charge in [-0.3, -0.25) is 0 Å². The molecule has 2 N–H and O–H groups in total. The average molecular weight is 310 g/mol.